The van der Waals surface area contributed by atoms with Gasteiger partial charge in [-0.15, -0.1) is 0 Å². The molecule has 10 heteroatoms. The average Bonchev–Trinajstić information content (AvgIpc) is 3.30. The second kappa shape index (κ2) is 10.8. The molecular weight excluding hydrogens is 487 g/mol. The van der Waals surface area contributed by atoms with E-state index in [0.29, 0.717) is 25.3 Å². The molecule has 0 bridgehead atoms. The fourth-order valence-corrected chi connectivity index (χ4v) is 4.64. The Morgan fingerprint density at radius 2 is 1.97 bits per heavy atom. The number of hydrogen-bond acceptors (Lipinski definition) is 6. The highest BCUT2D eigenvalue weighted by Crippen LogP contribution is 2.41. The van der Waals surface area contributed by atoms with Crippen LogP contribution >= 0.6 is 0 Å². The summed E-state index contributed by atoms with van der Waals surface area (Å²) in [5, 5.41) is 7.82. The van der Waals surface area contributed by atoms with Crippen LogP contribution in [-0.4, -0.2) is 56.9 Å². The first-order chi connectivity index (χ1) is 17.9. The highest BCUT2D eigenvalue weighted by molar-refractivity contribution is 5.94. The molecule has 38 heavy (non-hydrogen) atoms. The van der Waals surface area contributed by atoms with Gasteiger partial charge in [0.1, 0.15) is 17.2 Å². The molecule has 0 aliphatic carbocycles. The van der Waals surface area contributed by atoms with Gasteiger partial charge in [-0.05, 0) is 63.4 Å². The maximum Gasteiger partial charge on any atom is 0.410 e. The summed E-state index contributed by atoms with van der Waals surface area (Å²) < 4.78 is 21.0. The van der Waals surface area contributed by atoms with Gasteiger partial charge in [-0.1, -0.05) is 6.07 Å². The Kier molecular flexibility index (Phi) is 7.71. The predicted octanol–water partition coefficient (Wildman–Crippen LogP) is 5.25. The lowest BCUT2D eigenvalue weighted by Gasteiger charge is -2.39. The van der Waals surface area contributed by atoms with E-state index in [9.17, 15) is 14.0 Å². The molecule has 1 N–H and O–H groups in total. The van der Waals surface area contributed by atoms with E-state index >= 15 is 0 Å². The average molecular weight is 523 g/mol. The minimum absolute atomic E-state index is 0.0317. The zero-order chi connectivity index (χ0) is 27.6. The third kappa shape index (κ3) is 6.30. The van der Waals surface area contributed by atoms with Crippen LogP contribution in [-0.2, 0) is 16.1 Å². The molecule has 2 atom stereocenters. The van der Waals surface area contributed by atoms with Gasteiger partial charge < -0.3 is 19.9 Å². The number of amides is 2. The van der Waals surface area contributed by atoms with E-state index in [4.69, 9.17) is 4.74 Å². The first kappa shape index (κ1) is 27.1. The number of fused-ring (bicyclic) bond motifs is 1. The van der Waals surface area contributed by atoms with Crippen molar-refractivity contribution < 1.29 is 18.7 Å². The van der Waals surface area contributed by atoms with E-state index < -0.39 is 5.60 Å². The van der Waals surface area contributed by atoms with E-state index in [1.54, 1.807) is 29.7 Å². The van der Waals surface area contributed by atoms with Gasteiger partial charge in [0.05, 0.1) is 18.8 Å². The van der Waals surface area contributed by atoms with Crippen LogP contribution in [0.25, 0.3) is 11.1 Å². The second-order valence-corrected chi connectivity index (χ2v) is 10.7. The summed E-state index contributed by atoms with van der Waals surface area (Å²) in [6, 6.07) is 8.43. The number of nitrogens with one attached hydrogen (secondary N) is 1. The van der Waals surface area contributed by atoms with Crippen molar-refractivity contribution in [1.29, 1.82) is 0 Å². The number of carbonyl (C=O) groups excluding carboxylic acids is 2. The molecule has 0 radical (unpaired) electrons. The largest absolute Gasteiger partial charge is 0.444 e. The monoisotopic (exact) mass is 522 g/mol. The molecule has 9 nitrogen and oxygen atoms in total. The van der Waals surface area contributed by atoms with Crippen LogP contribution in [0, 0.1) is 5.82 Å². The smallest absolute Gasteiger partial charge is 0.410 e. The summed E-state index contributed by atoms with van der Waals surface area (Å²) >= 11 is 0. The standard InChI is InChI=1S/C28H35FN6O3/c1-18-13-24(32-26-15-22(29)9-10-30-26)23-14-20(7-8-25(23)35(18)19(2)36)21-16-31-34(17-21)12-11-33(6)27(37)38-28(3,4)5/h7-10,14-18,24H,11-13H2,1-6H3,(H,30,32)/t18-,24+/m0/s1. The first-order valence-electron chi connectivity index (χ1n) is 12.7. The number of hydrogen-bond donors (Lipinski definition) is 1. The van der Waals surface area contributed by atoms with Gasteiger partial charge >= 0.3 is 6.09 Å². The van der Waals surface area contributed by atoms with Gasteiger partial charge in [-0.2, -0.15) is 5.10 Å². The fraction of sp³-hybridized carbons (Fsp3) is 0.429. The lowest BCUT2D eigenvalue weighted by molar-refractivity contribution is -0.117. The van der Waals surface area contributed by atoms with Crippen molar-refractivity contribution in [3.63, 3.8) is 0 Å². The Morgan fingerprint density at radius 1 is 1.21 bits per heavy atom. The molecule has 2 aromatic heterocycles. The minimum Gasteiger partial charge on any atom is -0.444 e. The lowest BCUT2D eigenvalue weighted by atomic mass is 9.89. The third-order valence-corrected chi connectivity index (χ3v) is 6.40. The van der Waals surface area contributed by atoms with Crippen molar-refractivity contribution in [3.05, 3.63) is 60.3 Å². The zero-order valence-electron chi connectivity index (χ0n) is 22.7. The summed E-state index contributed by atoms with van der Waals surface area (Å²) in [7, 11) is 1.70. The summed E-state index contributed by atoms with van der Waals surface area (Å²) in [5.74, 6) is 0.0444. The number of ether oxygens (including phenoxy) is 1. The molecule has 1 aliphatic rings. The molecule has 0 spiro atoms. The van der Waals surface area contributed by atoms with Crippen LogP contribution in [0.15, 0.2) is 48.9 Å². The van der Waals surface area contributed by atoms with Crippen molar-refractivity contribution in [2.24, 2.45) is 0 Å². The zero-order valence-corrected chi connectivity index (χ0v) is 22.7. The Morgan fingerprint density at radius 3 is 2.66 bits per heavy atom. The second-order valence-electron chi connectivity index (χ2n) is 10.7. The molecule has 0 saturated heterocycles. The van der Waals surface area contributed by atoms with Gasteiger partial charge in [0.2, 0.25) is 5.91 Å². The molecule has 2 amide bonds. The number of nitrogens with zero attached hydrogens (tertiary/aromatic N) is 5. The van der Waals surface area contributed by atoms with Gasteiger partial charge in [0.25, 0.3) is 0 Å². The molecule has 202 valence electrons. The van der Waals surface area contributed by atoms with E-state index in [0.717, 1.165) is 22.4 Å². The van der Waals surface area contributed by atoms with Gasteiger partial charge in [-0.25, -0.2) is 14.2 Å². The fourth-order valence-electron chi connectivity index (χ4n) is 4.64. The van der Waals surface area contributed by atoms with E-state index in [1.165, 1.54) is 23.2 Å². The number of halogens is 1. The van der Waals surface area contributed by atoms with E-state index in [2.05, 4.69) is 15.4 Å². The SMILES string of the molecule is CC(=O)N1c2ccc(-c3cnn(CCN(C)C(=O)OC(C)(C)C)c3)cc2[C@H](Nc2cc(F)ccn2)C[C@@H]1C. The van der Waals surface area contributed by atoms with Crippen LogP contribution in [0.1, 0.15) is 52.6 Å². The van der Waals surface area contributed by atoms with Crippen LogP contribution < -0.4 is 10.2 Å². The molecule has 0 fully saturated rings. The molecule has 0 saturated carbocycles. The van der Waals surface area contributed by atoms with Crippen LogP contribution in [0.3, 0.4) is 0 Å². The quantitative estimate of drug-likeness (QED) is 0.475. The number of likely N-dealkylation sites (N-methyl/N-ethyl adjacent to an activating group) is 1. The van der Waals surface area contributed by atoms with Gasteiger partial charge in [-0.3, -0.25) is 9.48 Å². The third-order valence-electron chi connectivity index (χ3n) is 6.40. The Bertz CT molecular complexity index is 1320. The van der Waals surface area contributed by atoms with E-state index in [-0.39, 0.29) is 29.9 Å². The predicted molar refractivity (Wildman–Crippen MR) is 144 cm³/mol. The summed E-state index contributed by atoms with van der Waals surface area (Å²) in [5.41, 5.74) is 3.04. The highest BCUT2D eigenvalue weighted by atomic mass is 19.1. The maximum absolute atomic E-state index is 13.8. The molecule has 3 aromatic rings. The topological polar surface area (TPSA) is 92.6 Å². The van der Waals surface area contributed by atoms with E-state index in [1.807, 2.05) is 52.1 Å². The molecule has 1 aromatic carbocycles. The summed E-state index contributed by atoms with van der Waals surface area (Å²) in [4.78, 5) is 32.3. The highest BCUT2D eigenvalue weighted by Gasteiger charge is 2.33. The van der Waals surface area contributed by atoms with Crippen molar-refractivity contribution in [3.8, 4) is 11.1 Å². The van der Waals surface area contributed by atoms with Gasteiger partial charge in [0.15, 0.2) is 0 Å². The minimum atomic E-state index is -0.552. The number of pyridine rings is 1. The van der Waals surface area contributed by atoms with Crippen molar-refractivity contribution in [2.45, 2.75) is 65.3 Å². The maximum atomic E-state index is 13.8. The first-order valence-corrected chi connectivity index (χ1v) is 12.7. The van der Waals surface area contributed by atoms with Crippen molar-refractivity contribution in [2.75, 3.05) is 23.8 Å². The van der Waals surface area contributed by atoms with Crippen LogP contribution in [0.2, 0.25) is 0 Å². The number of benzene rings is 1. The number of carbonyl (C=O) groups is 2. The lowest BCUT2D eigenvalue weighted by Crippen LogP contribution is -2.43. The van der Waals surface area contributed by atoms with Crippen molar-refractivity contribution in [1.82, 2.24) is 19.7 Å². The normalized spacial score (nSPS) is 17.1. The van der Waals surface area contributed by atoms with Crippen molar-refractivity contribution >= 4 is 23.5 Å². The number of aromatic nitrogens is 3. The molecule has 0 unspecified atom stereocenters. The Hall–Kier alpha value is -3.95. The molecular formula is C28H35FN6O3. The molecule has 1 aliphatic heterocycles. The molecule has 4 rings (SSSR count). The number of anilines is 2. The van der Waals surface area contributed by atoms with Crippen LogP contribution in [0.4, 0.5) is 20.7 Å². The summed E-state index contributed by atoms with van der Waals surface area (Å²) in [6.45, 7) is 10.0. The Labute approximate surface area is 222 Å². The van der Waals surface area contributed by atoms with Gasteiger partial charge in [0, 0.05) is 56.3 Å². The summed E-state index contributed by atoms with van der Waals surface area (Å²) in [6.07, 6.45) is 5.40. The number of rotatable bonds is 6. The Balaban J connectivity index is 1.56. The van der Waals surface area contributed by atoms with Crippen LogP contribution in [0.5, 0.6) is 0 Å². The molecule has 3 heterocycles.